The molecular weight excluding hydrogens is 364 g/mol. The fraction of sp³-hybridized carbons (Fsp3) is 0.333. The van der Waals surface area contributed by atoms with E-state index in [0.29, 0.717) is 29.5 Å². The van der Waals surface area contributed by atoms with E-state index in [4.69, 9.17) is 16.3 Å². The van der Waals surface area contributed by atoms with Crippen LogP contribution in [0.15, 0.2) is 48.5 Å². The van der Waals surface area contributed by atoms with E-state index < -0.39 is 0 Å². The Kier molecular flexibility index (Phi) is 6.35. The highest BCUT2D eigenvalue weighted by molar-refractivity contribution is 6.32. The Morgan fingerprint density at radius 3 is 2.74 bits per heavy atom. The van der Waals surface area contributed by atoms with Crippen LogP contribution in [0, 0.1) is 5.92 Å². The zero-order valence-corrected chi connectivity index (χ0v) is 16.0. The summed E-state index contributed by atoms with van der Waals surface area (Å²) < 4.78 is 5.14. The second-order valence-electron chi connectivity index (χ2n) is 6.60. The lowest BCUT2D eigenvalue weighted by molar-refractivity contribution is -0.126. The predicted molar refractivity (Wildman–Crippen MR) is 106 cm³/mol. The van der Waals surface area contributed by atoms with Crippen LogP contribution in [-0.4, -0.2) is 32.0 Å². The maximum atomic E-state index is 12.4. The number of halogens is 1. The SMILES string of the molecule is COc1ccc(N2CC(C(=O)NCCCc3ccccc3)CC2=O)cc1Cl. The van der Waals surface area contributed by atoms with Gasteiger partial charge in [0.05, 0.1) is 18.1 Å². The minimum atomic E-state index is -0.338. The molecule has 6 heteroatoms. The van der Waals surface area contributed by atoms with Gasteiger partial charge in [0.1, 0.15) is 5.75 Å². The van der Waals surface area contributed by atoms with E-state index in [-0.39, 0.29) is 24.2 Å². The molecule has 1 fully saturated rings. The molecular formula is C21H23ClN2O3. The molecule has 1 unspecified atom stereocenters. The number of hydrogen-bond acceptors (Lipinski definition) is 3. The molecule has 0 aliphatic carbocycles. The van der Waals surface area contributed by atoms with E-state index in [1.54, 1.807) is 30.2 Å². The Balaban J connectivity index is 1.50. The number of anilines is 1. The number of rotatable bonds is 7. The Hall–Kier alpha value is -2.53. The Morgan fingerprint density at radius 2 is 2.04 bits per heavy atom. The zero-order valence-electron chi connectivity index (χ0n) is 15.3. The first kappa shape index (κ1) is 19.2. The number of benzene rings is 2. The van der Waals surface area contributed by atoms with Crippen molar-refractivity contribution in [2.45, 2.75) is 19.3 Å². The van der Waals surface area contributed by atoms with Gasteiger partial charge < -0.3 is 15.0 Å². The van der Waals surface area contributed by atoms with Crippen molar-refractivity contribution in [3.05, 3.63) is 59.1 Å². The van der Waals surface area contributed by atoms with E-state index >= 15 is 0 Å². The Morgan fingerprint density at radius 1 is 1.26 bits per heavy atom. The van der Waals surface area contributed by atoms with Crippen molar-refractivity contribution in [3.8, 4) is 5.75 Å². The number of aryl methyl sites for hydroxylation is 1. The lowest BCUT2D eigenvalue weighted by Gasteiger charge is -2.18. The van der Waals surface area contributed by atoms with Gasteiger partial charge in [-0.25, -0.2) is 0 Å². The number of amides is 2. The van der Waals surface area contributed by atoms with Gasteiger partial charge in [-0.3, -0.25) is 9.59 Å². The Bertz CT molecular complexity index is 810. The van der Waals surface area contributed by atoms with Gasteiger partial charge in [0, 0.05) is 25.2 Å². The third kappa shape index (κ3) is 4.80. The van der Waals surface area contributed by atoms with E-state index in [0.717, 1.165) is 12.8 Å². The summed E-state index contributed by atoms with van der Waals surface area (Å²) in [7, 11) is 1.54. The smallest absolute Gasteiger partial charge is 0.227 e. The normalized spacial score (nSPS) is 16.4. The third-order valence-corrected chi connectivity index (χ3v) is 5.02. The molecule has 2 amide bonds. The van der Waals surface area contributed by atoms with Crippen LogP contribution in [0.5, 0.6) is 5.75 Å². The molecule has 27 heavy (non-hydrogen) atoms. The number of carbonyl (C=O) groups excluding carboxylic acids is 2. The van der Waals surface area contributed by atoms with Crippen molar-refractivity contribution in [3.63, 3.8) is 0 Å². The molecule has 1 aliphatic heterocycles. The summed E-state index contributed by atoms with van der Waals surface area (Å²) in [5, 5.41) is 3.39. The standard InChI is InChI=1S/C21H23ClN2O3/c1-27-19-10-9-17(13-18(19)22)24-14-16(12-20(24)25)21(26)23-11-5-8-15-6-3-2-4-7-15/h2-4,6-7,9-10,13,16H,5,8,11-12,14H2,1H3,(H,23,26). The number of methoxy groups -OCH3 is 1. The van der Waals surface area contributed by atoms with Crippen LogP contribution in [0.4, 0.5) is 5.69 Å². The minimum Gasteiger partial charge on any atom is -0.495 e. The highest BCUT2D eigenvalue weighted by atomic mass is 35.5. The molecule has 1 atom stereocenters. The van der Waals surface area contributed by atoms with E-state index in [1.165, 1.54) is 5.56 Å². The largest absolute Gasteiger partial charge is 0.495 e. The number of carbonyl (C=O) groups is 2. The summed E-state index contributed by atoms with van der Waals surface area (Å²) >= 11 is 6.15. The third-order valence-electron chi connectivity index (χ3n) is 4.73. The maximum absolute atomic E-state index is 12.4. The molecule has 0 aromatic heterocycles. The molecule has 1 saturated heterocycles. The monoisotopic (exact) mass is 386 g/mol. The van der Waals surface area contributed by atoms with E-state index in [2.05, 4.69) is 17.4 Å². The van der Waals surface area contributed by atoms with Gasteiger partial charge in [0.15, 0.2) is 0 Å². The maximum Gasteiger partial charge on any atom is 0.227 e. The topological polar surface area (TPSA) is 58.6 Å². The molecule has 2 aromatic carbocycles. The van der Waals surface area contributed by atoms with Gasteiger partial charge in [-0.2, -0.15) is 0 Å². The number of nitrogens with one attached hydrogen (secondary N) is 1. The molecule has 1 aliphatic rings. The Labute approximate surface area is 164 Å². The van der Waals surface area contributed by atoms with Crippen LogP contribution in [0.1, 0.15) is 18.4 Å². The van der Waals surface area contributed by atoms with Crippen LogP contribution in [0.2, 0.25) is 5.02 Å². The summed E-state index contributed by atoms with van der Waals surface area (Å²) in [6, 6.07) is 15.4. The molecule has 0 bridgehead atoms. The lowest BCUT2D eigenvalue weighted by atomic mass is 10.1. The summed E-state index contributed by atoms with van der Waals surface area (Å²) in [5.74, 6) is 0.0778. The van der Waals surface area contributed by atoms with E-state index in [9.17, 15) is 9.59 Å². The fourth-order valence-corrected chi connectivity index (χ4v) is 3.50. The molecule has 0 spiro atoms. The van der Waals surface area contributed by atoms with Crippen molar-refractivity contribution in [1.82, 2.24) is 5.32 Å². The number of hydrogen-bond donors (Lipinski definition) is 1. The molecule has 142 valence electrons. The van der Waals surface area contributed by atoms with Gasteiger partial charge in [-0.15, -0.1) is 0 Å². The van der Waals surface area contributed by atoms with Gasteiger partial charge in [0.25, 0.3) is 0 Å². The molecule has 5 nitrogen and oxygen atoms in total. The van der Waals surface area contributed by atoms with Crippen molar-refractivity contribution in [2.75, 3.05) is 25.1 Å². The predicted octanol–water partition coefficient (Wildman–Crippen LogP) is 3.45. The van der Waals surface area contributed by atoms with Crippen molar-refractivity contribution in [2.24, 2.45) is 5.92 Å². The second-order valence-corrected chi connectivity index (χ2v) is 7.01. The van der Waals surface area contributed by atoms with Crippen molar-refractivity contribution < 1.29 is 14.3 Å². The van der Waals surface area contributed by atoms with Gasteiger partial charge in [-0.05, 0) is 36.6 Å². The fourth-order valence-electron chi connectivity index (χ4n) is 3.25. The number of nitrogens with zero attached hydrogens (tertiary/aromatic N) is 1. The van der Waals surface area contributed by atoms with Crippen LogP contribution in [-0.2, 0) is 16.0 Å². The van der Waals surface area contributed by atoms with Gasteiger partial charge in [0.2, 0.25) is 11.8 Å². The average Bonchev–Trinajstić information content (AvgIpc) is 3.07. The van der Waals surface area contributed by atoms with Crippen LogP contribution >= 0.6 is 11.6 Å². The molecule has 0 saturated carbocycles. The van der Waals surface area contributed by atoms with Gasteiger partial charge >= 0.3 is 0 Å². The minimum absolute atomic E-state index is 0.0688. The van der Waals surface area contributed by atoms with Crippen LogP contribution in [0.3, 0.4) is 0 Å². The summed E-state index contributed by atoms with van der Waals surface area (Å²) in [6.07, 6.45) is 2.00. The molecule has 3 rings (SSSR count). The summed E-state index contributed by atoms with van der Waals surface area (Å²) in [4.78, 5) is 26.4. The highest BCUT2D eigenvalue weighted by Crippen LogP contribution is 2.32. The van der Waals surface area contributed by atoms with E-state index in [1.807, 2.05) is 18.2 Å². The molecule has 2 aromatic rings. The van der Waals surface area contributed by atoms with Crippen LogP contribution in [0.25, 0.3) is 0 Å². The molecule has 0 radical (unpaired) electrons. The number of ether oxygens (including phenoxy) is 1. The van der Waals surface area contributed by atoms with Gasteiger partial charge in [-0.1, -0.05) is 41.9 Å². The summed E-state index contributed by atoms with van der Waals surface area (Å²) in [5.41, 5.74) is 1.94. The molecule has 1 heterocycles. The first-order chi connectivity index (χ1) is 13.1. The first-order valence-corrected chi connectivity index (χ1v) is 9.42. The van der Waals surface area contributed by atoms with Crippen molar-refractivity contribution >= 4 is 29.1 Å². The molecule has 1 N–H and O–H groups in total. The average molecular weight is 387 g/mol. The van der Waals surface area contributed by atoms with Crippen LogP contribution < -0.4 is 15.0 Å². The lowest BCUT2D eigenvalue weighted by Crippen LogP contribution is -2.33. The quantitative estimate of drug-likeness (QED) is 0.741. The van der Waals surface area contributed by atoms with Crippen molar-refractivity contribution in [1.29, 1.82) is 0 Å². The summed E-state index contributed by atoms with van der Waals surface area (Å²) in [6.45, 7) is 0.971. The second kappa shape index (κ2) is 8.91. The highest BCUT2D eigenvalue weighted by Gasteiger charge is 2.35. The zero-order chi connectivity index (χ0) is 19.2. The first-order valence-electron chi connectivity index (χ1n) is 9.04.